The zero-order valence-corrected chi connectivity index (χ0v) is 32.9. The molecule has 57 heavy (non-hydrogen) atoms. The number of rotatable bonds is 5. The van der Waals surface area contributed by atoms with Crippen LogP contribution in [0.5, 0.6) is 0 Å². The average Bonchev–Trinajstić information content (AvgIpc) is 3.80. The second-order valence-corrected chi connectivity index (χ2v) is 17.2. The third-order valence-electron chi connectivity index (χ3n) is 11.6. The molecule has 2 heterocycles. The zero-order valence-electron chi connectivity index (χ0n) is 32.1. The highest BCUT2D eigenvalue weighted by Crippen LogP contribution is 2.51. The highest BCUT2D eigenvalue weighted by atomic mass is 32.1. The summed E-state index contributed by atoms with van der Waals surface area (Å²) < 4.78 is 9.34. The number of furan rings is 1. The van der Waals surface area contributed by atoms with Crippen molar-refractivity contribution < 1.29 is 4.42 Å². The van der Waals surface area contributed by atoms with Crippen LogP contribution in [0.1, 0.15) is 26.3 Å². The van der Waals surface area contributed by atoms with E-state index in [1.807, 2.05) is 11.3 Å². The molecule has 0 amide bonds. The molecule has 11 rings (SSSR count). The van der Waals surface area contributed by atoms with Gasteiger partial charge in [0.15, 0.2) is 0 Å². The lowest BCUT2D eigenvalue weighted by Gasteiger charge is -2.32. The van der Waals surface area contributed by atoms with E-state index in [2.05, 4.69) is 208 Å². The summed E-state index contributed by atoms with van der Waals surface area (Å²) in [4.78, 5) is 2.48. The van der Waals surface area contributed by atoms with Gasteiger partial charge in [0, 0.05) is 53.8 Å². The number of anilines is 3. The Balaban J connectivity index is 1.25. The van der Waals surface area contributed by atoms with E-state index in [-0.39, 0.29) is 5.41 Å². The Morgan fingerprint density at radius 1 is 0.456 bits per heavy atom. The van der Waals surface area contributed by atoms with Crippen LogP contribution >= 0.6 is 11.3 Å². The van der Waals surface area contributed by atoms with Gasteiger partial charge in [-0.15, -0.1) is 11.3 Å². The monoisotopic (exact) mass is 749 g/mol. The predicted octanol–water partition coefficient (Wildman–Crippen LogP) is 16.4. The van der Waals surface area contributed by atoms with Gasteiger partial charge in [0.1, 0.15) is 11.2 Å². The van der Waals surface area contributed by atoms with Crippen molar-refractivity contribution in [1.29, 1.82) is 0 Å². The van der Waals surface area contributed by atoms with Gasteiger partial charge >= 0.3 is 0 Å². The first-order valence-corrected chi connectivity index (χ1v) is 20.5. The van der Waals surface area contributed by atoms with Crippen molar-refractivity contribution in [2.75, 3.05) is 4.90 Å². The molecule has 0 bridgehead atoms. The maximum absolute atomic E-state index is 6.76. The first-order chi connectivity index (χ1) is 27.9. The molecule has 272 valence electrons. The summed E-state index contributed by atoms with van der Waals surface area (Å²) in [5.74, 6) is 0. The minimum atomic E-state index is -0.0343. The molecule has 0 saturated carbocycles. The molecule has 0 fully saturated rings. The summed E-state index contributed by atoms with van der Waals surface area (Å²) in [7, 11) is 0. The summed E-state index contributed by atoms with van der Waals surface area (Å²) in [5.41, 5.74) is 11.1. The second kappa shape index (κ2) is 12.9. The molecular formula is C54H39NOS. The Morgan fingerprint density at radius 2 is 1.14 bits per heavy atom. The summed E-state index contributed by atoms with van der Waals surface area (Å²) in [6.07, 6.45) is 0. The topological polar surface area (TPSA) is 16.4 Å². The third kappa shape index (κ3) is 5.53. The molecular weight excluding hydrogens is 711 g/mol. The molecule has 2 nitrogen and oxygen atoms in total. The van der Waals surface area contributed by atoms with E-state index in [1.54, 1.807) is 0 Å². The van der Waals surface area contributed by atoms with Crippen LogP contribution < -0.4 is 4.90 Å². The minimum absolute atomic E-state index is 0.0343. The van der Waals surface area contributed by atoms with Crippen LogP contribution in [0.2, 0.25) is 0 Å². The van der Waals surface area contributed by atoms with Crippen LogP contribution in [0.25, 0.3) is 85.9 Å². The van der Waals surface area contributed by atoms with E-state index < -0.39 is 0 Å². The van der Waals surface area contributed by atoms with Gasteiger partial charge in [-0.2, -0.15) is 0 Å². The Bertz CT molecular complexity index is 3340. The Hall–Kier alpha value is -6.68. The van der Waals surface area contributed by atoms with Gasteiger partial charge in [0.05, 0.1) is 11.4 Å². The highest BCUT2D eigenvalue weighted by molar-refractivity contribution is 7.25. The van der Waals surface area contributed by atoms with E-state index in [9.17, 15) is 0 Å². The molecule has 9 aromatic carbocycles. The van der Waals surface area contributed by atoms with Crippen molar-refractivity contribution in [1.82, 2.24) is 0 Å². The van der Waals surface area contributed by atoms with Crippen LogP contribution in [0, 0.1) is 0 Å². The molecule has 0 atom stereocenters. The molecule has 0 unspecified atom stereocenters. The van der Waals surface area contributed by atoms with Crippen LogP contribution in [-0.4, -0.2) is 0 Å². The number of thiophene rings is 1. The summed E-state index contributed by atoms with van der Waals surface area (Å²) in [6, 6.07) is 66.7. The van der Waals surface area contributed by atoms with E-state index >= 15 is 0 Å². The van der Waals surface area contributed by atoms with Gasteiger partial charge in [-0.25, -0.2) is 0 Å². The molecule has 0 saturated heterocycles. The largest absolute Gasteiger partial charge is 0.456 e. The van der Waals surface area contributed by atoms with Crippen molar-refractivity contribution >= 4 is 92.1 Å². The van der Waals surface area contributed by atoms with Gasteiger partial charge in [0.2, 0.25) is 0 Å². The molecule has 0 radical (unpaired) electrons. The number of fused-ring (bicyclic) bond motifs is 8. The Labute approximate surface area is 335 Å². The molecule has 11 aromatic rings. The molecule has 3 heteroatoms. The fraction of sp³-hybridized carbons (Fsp3) is 0.0741. The SMILES string of the molecule is CC(C)(C)c1ccc(N(c2ccc3c(c2)oc2cc4ccccc4cc23)c2ccc3ccccc3c2-c2cccc3sc4ccccc4c23)c(-c2ccccc2)c1. The van der Waals surface area contributed by atoms with Crippen molar-refractivity contribution in [3.63, 3.8) is 0 Å². The normalized spacial score (nSPS) is 12.1. The van der Waals surface area contributed by atoms with Crippen LogP contribution in [0.15, 0.2) is 186 Å². The highest BCUT2D eigenvalue weighted by Gasteiger charge is 2.26. The van der Waals surface area contributed by atoms with Gasteiger partial charge < -0.3 is 9.32 Å². The fourth-order valence-electron chi connectivity index (χ4n) is 8.76. The number of benzene rings is 9. The maximum atomic E-state index is 6.76. The molecule has 0 N–H and O–H groups in total. The number of nitrogens with zero attached hydrogens (tertiary/aromatic N) is 1. The van der Waals surface area contributed by atoms with Gasteiger partial charge in [0.25, 0.3) is 0 Å². The van der Waals surface area contributed by atoms with Gasteiger partial charge in [-0.1, -0.05) is 142 Å². The second-order valence-electron chi connectivity index (χ2n) is 16.1. The van der Waals surface area contributed by atoms with Crippen molar-refractivity contribution in [2.24, 2.45) is 0 Å². The smallest absolute Gasteiger partial charge is 0.137 e. The Kier molecular flexibility index (Phi) is 7.64. The van der Waals surface area contributed by atoms with Crippen LogP contribution in [0.3, 0.4) is 0 Å². The molecule has 0 spiro atoms. The first-order valence-electron chi connectivity index (χ1n) is 19.7. The predicted molar refractivity (Wildman–Crippen MR) is 246 cm³/mol. The minimum Gasteiger partial charge on any atom is -0.456 e. The Morgan fingerprint density at radius 3 is 1.96 bits per heavy atom. The quantitative estimate of drug-likeness (QED) is 0.174. The van der Waals surface area contributed by atoms with Crippen molar-refractivity contribution in [3.8, 4) is 22.3 Å². The number of hydrogen-bond donors (Lipinski definition) is 0. The van der Waals surface area contributed by atoms with E-state index in [0.29, 0.717) is 0 Å². The van der Waals surface area contributed by atoms with Crippen LogP contribution in [0.4, 0.5) is 17.1 Å². The summed E-state index contributed by atoms with van der Waals surface area (Å²) in [5, 5.41) is 9.62. The molecule has 0 aliphatic rings. The van der Waals surface area contributed by atoms with Gasteiger partial charge in [-0.3, -0.25) is 0 Å². The van der Waals surface area contributed by atoms with E-state index in [1.165, 1.54) is 69.5 Å². The average molecular weight is 750 g/mol. The molecule has 2 aromatic heterocycles. The fourth-order valence-corrected chi connectivity index (χ4v) is 9.89. The van der Waals surface area contributed by atoms with Gasteiger partial charge in [-0.05, 0) is 98.2 Å². The van der Waals surface area contributed by atoms with Crippen molar-refractivity contribution in [3.05, 3.63) is 188 Å². The molecule has 0 aliphatic heterocycles. The van der Waals surface area contributed by atoms with E-state index in [0.717, 1.165) is 39.0 Å². The first kappa shape index (κ1) is 33.6. The zero-order chi connectivity index (χ0) is 38.3. The molecule has 0 aliphatic carbocycles. The van der Waals surface area contributed by atoms with Crippen LogP contribution in [-0.2, 0) is 5.41 Å². The summed E-state index contributed by atoms with van der Waals surface area (Å²) in [6.45, 7) is 6.88. The standard InChI is InChI=1S/C54H39NOS/c1-54(2,3)38-25-29-46(44(32-38)34-14-5-4-6-15-34)55(39-26-27-41-45-30-36-17-7-8-18-37(36)31-48(45)56-49(41)33-39)47-28-24-35-16-9-10-19-40(35)52(47)43-21-13-23-51-53(43)42-20-11-12-22-50(42)57-51/h4-33H,1-3H3. The van der Waals surface area contributed by atoms with E-state index in [4.69, 9.17) is 4.42 Å². The summed E-state index contributed by atoms with van der Waals surface area (Å²) >= 11 is 1.86. The third-order valence-corrected chi connectivity index (χ3v) is 12.7. The lowest BCUT2D eigenvalue weighted by Crippen LogP contribution is -2.15. The lowest BCUT2D eigenvalue weighted by atomic mass is 9.84. The maximum Gasteiger partial charge on any atom is 0.137 e. The lowest BCUT2D eigenvalue weighted by molar-refractivity contribution is 0.590. The number of hydrogen-bond acceptors (Lipinski definition) is 3. The van der Waals surface area contributed by atoms with Crippen molar-refractivity contribution in [2.45, 2.75) is 26.2 Å².